The van der Waals surface area contributed by atoms with E-state index in [4.69, 9.17) is 9.97 Å². The summed E-state index contributed by atoms with van der Waals surface area (Å²) in [5.74, 6) is 2.48. The van der Waals surface area contributed by atoms with Gasteiger partial charge in [-0.05, 0) is 45.2 Å². The molecular formula is C27H34FN11. The van der Waals surface area contributed by atoms with E-state index in [2.05, 4.69) is 53.7 Å². The molecule has 1 atom stereocenters. The molecule has 0 aliphatic carbocycles. The first-order valence-electron chi connectivity index (χ1n) is 13.4. The minimum Gasteiger partial charge on any atom is -0.341 e. The van der Waals surface area contributed by atoms with Crippen molar-refractivity contribution >= 4 is 17.6 Å². The van der Waals surface area contributed by atoms with Gasteiger partial charge in [-0.25, -0.2) is 19.0 Å². The molecule has 39 heavy (non-hydrogen) atoms. The lowest BCUT2D eigenvalue weighted by atomic mass is 9.84. The summed E-state index contributed by atoms with van der Waals surface area (Å²) < 4.78 is 14.8. The molecule has 11 nitrogen and oxygen atoms in total. The molecule has 1 spiro atoms. The fraction of sp³-hybridized carbons (Fsp3) is 0.444. The van der Waals surface area contributed by atoms with Crippen molar-refractivity contribution in [2.45, 2.75) is 45.2 Å². The van der Waals surface area contributed by atoms with Crippen LogP contribution in [0.5, 0.6) is 0 Å². The first-order valence-corrected chi connectivity index (χ1v) is 13.4. The molecule has 2 fully saturated rings. The van der Waals surface area contributed by atoms with Crippen molar-refractivity contribution in [3.8, 4) is 5.82 Å². The van der Waals surface area contributed by atoms with Gasteiger partial charge in [-0.3, -0.25) is 10.00 Å². The molecule has 4 aromatic heterocycles. The minimum atomic E-state index is -0.374. The Bertz CT molecular complexity index is 1420. The number of nitrogens with one attached hydrogen (secondary N) is 3. The third-order valence-electron chi connectivity index (χ3n) is 7.80. The maximum atomic E-state index is 13.3. The number of anilines is 3. The van der Waals surface area contributed by atoms with E-state index in [9.17, 15) is 4.39 Å². The quantitative estimate of drug-likeness (QED) is 0.345. The number of piperazine rings is 1. The molecule has 204 valence electrons. The average Bonchev–Trinajstić information content (AvgIpc) is 3.56. The summed E-state index contributed by atoms with van der Waals surface area (Å²) in [6, 6.07) is 8.07. The third kappa shape index (κ3) is 5.48. The monoisotopic (exact) mass is 531 g/mol. The molecule has 0 aromatic carbocycles. The van der Waals surface area contributed by atoms with Crippen LogP contribution in [0.1, 0.15) is 42.8 Å². The van der Waals surface area contributed by atoms with Crippen LogP contribution < -0.4 is 15.5 Å². The lowest BCUT2D eigenvalue weighted by molar-refractivity contribution is 0.0811. The maximum absolute atomic E-state index is 13.3. The maximum Gasteiger partial charge on any atom is 0.227 e. The molecule has 1 unspecified atom stereocenters. The molecule has 6 heterocycles. The molecule has 6 rings (SSSR count). The predicted molar refractivity (Wildman–Crippen MR) is 147 cm³/mol. The molecule has 12 heteroatoms. The number of hydrogen-bond donors (Lipinski definition) is 3. The molecule has 2 aliphatic rings. The molecule has 2 saturated heterocycles. The Morgan fingerprint density at radius 1 is 1.05 bits per heavy atom. The Hall–Kier alpha value is -3.90. The highest BCUT2D eigenvalue weighted by atomic mass is 19.1. The van der Waals surface area contributed by atoms with Crippen molar-refractivity contribution < 1.29 is 4.39 Å². The van der Waals surface area contributed by atoms with Crippen LogP contribution in [0, 0.1) is 19.7 Å². The van der Waals surface area contributed by atoms with Crippen molar-refractivity contribution in [2.75, 3.05) is 42.9 Å². The Morgan fingerprint density at radius 2 is 1.90 bits per heavy atom. The number of pyridine rings is 1. The number of aromatic amines is 1. The fourth-order valence-corrected chi connectivity index (χ4v) is 5.58. The van der Waals surface area contributed by atoms with Gasteiger partial charge in [-0.2, -0.15) is 15.2 Å². The van der Waals surface area contributed by atoms with Crippen LogP contribution in [-0.4, -0.2) is 78.1 Å². The second-order valence-corrected chi connectivity index (χ2v) is 10.6. The van der Waals surface area contributed by atoms with Crippen LogP contribution in [0.2, 0.25) is 0 Å². The molecule has 0 saturated carbocycles. The number of nitrogens with zero attached hydrogens (tertiary/aromatic N) is 8. The van der Waals surface area contributed by atoms with E-state index in [-0.39, 0.29) is 17.4 Å². The summed E-state index contributed by atoms with van der Waals surface area (Å²) >= 11 is 0. The van der Waals surface area contributed by atoms with E-state index in [0.29, 0.717) is 5.82 Å². The molecule has 3 N–H and O–H groups in total. The van der Waals surface area contributed by atoms with Gasteiger partial charge in [0.15, 0.2) is 17.5 Å². The lowest BCUT2D eigenvalue weighted by Crippen LogP contribution is -2.64. The number of hydrogen-bond acceptors (Lipinski definition) is 9. The number of halogens is 1. The zero-order valence-electron chi connectivity index (χ0n) is 22.5. The van der Waals surface area contributed by atoms with E-state index < -0.39 is 0 Å². The highest BCUT2D eigenvalue weighted by Gasteiger charge is 2.40. The van der Waals surface area contributed by atoms with Gasteiger partial charge in [0, 0.05) is 74.0 Å². The number of rotatable bonds is 6. The number of aromatic nitrogens is 7. The second kappa shape index (κ2) is 10.3. The zero-order chi connectivity index (χ0) is 27.0. The van der Waals surface area contributed by atoms with Gasteiger partial charge in [-0.1, -0.05) is 6.07 Å². The van der Waals surface area contributed by atoms with E-state index >= 15 is 0 Å². The van der Waals surface area contributed by atoms with Crippen LogP contribution >= 0.6 is 0 Å². The van der Waals surface area contributed by atoms with Crippen molar-refractivity contribution in [2.24, 2.45) is 0 Å². The second-order valence-electron chi connectivity index (χ2n) is 10.6. The van der Waals surface area contributed by atoms with Gasteiger partial charge in [0.25, 0.3) is 0 Å². The van der Waals surface area contributed by atoms with E-state index in [0.717, 1.165) is 80.1 Å². The van der Waals surface area contributed by atoms with Gasteiger partial charge in [-0.15, -0.1) is 0 Å². The Morgan fingerprint density at radius 3 is 2.59 bits per heavy atom. The smallest absolute Gasteiger partial charge is 0.227 e. The average molecular weight is 532 g/mol. The molecule has 0 bridgehead atoms. The van der Waals surface area contributed by atoms with Crippen molar-refractivity contribution in [1.82, 2.24) is 45.1 Å². The number of aryl methyl sites for hydroxylation is 2. The molecule has 0 radical (unpaired) electrons. The fourth-order valence-electron chi connectivity index (χ4n) is 5.58. The van der Waals surface area contributed by atoms with Gasteiger partial charge < -0.3 is 15.5 Å². The largest absolute Gasteiger partial charge is 0.341 e. The van der Waals surface area contributed by atoms with Gasteiger partial charge >= 0.3 is 0 Å². The Balaban J connectivity index is 1.10. The summed E-state index contributed by atoms with van der Waals surface area (Å²) in [5, 5.41) is 18.3. The summed E-state index contributed by atoms with van der Waals surface area (Å²) in [4.78, 5) is 18.9. The third-order valence-corrected chi connectivity index (χ3v) is 7.80. The summed E-state index contributed by atoms with van der Waals surface area (Å²) in [7, 11) is 0. The van der Waals surface area contributed by atoms with Crippen molar-refractivity contribution in [3.05, 3.63) is 65.6 Å². The van der Waals surface area contributed by atoms with Crippen LogP contribution in [-0.2, 0) is 0 Å². The van der Waals surface area contributed by atoms with Crippen LogP contribution in [0.3, 0.4) is 0 Å². The Labute approximate surface area is 226 Å². The summed E-state index contributed by atoms with van der Waals surface area (Å²) in [6.07, 6.45) is 6.42. The van der Waals surface area contributed by atoms with Crippen molar-refractivity contribution in [3.63, 3.8) is 0 Å². The topological polar surface area (TPSA) is 116 Å². The number of piperidine rings is 1. The lowest BCUT2D eigenvalue weighted by Gasteiger charge is -2.49. The van der Waals surface area contributed by atoms with Gasteiger partial charge in [0.2, 0.25) is 5.95 Å². The zero-order valence-corrected chi connectivity index (χ0v) is 22.5. The molecule has 4 aromatic rings. The minimum absolute atomic E-state index is 0.0560. The van der Waals surface area contributed by atoms with E-state index in [1.807, 2.05) is 38.2 Å². The number of H-pyrrole nitrogens is 1. The normalized spacial score (nSPS) is 18.4. The summed E-state index contributed by atoms with van der Waals surface area (Å²) in [5.41, 5.74) is 3.11. The highest BCUT2D eigenvalue weighted by molar-refractivity contribution is 5.54. The van der Waals surface area contributed by atoms with E-state index in [1.54, 1.807) is 0 Å². The summed E-state index contributed by atoms with van der Waals surface area (Å²) in [6.45, 7) is 10.9. The van der Waals surface area contributed by atoms with Crippen molar-refractivity contribution in [1.29, 1.82) is 0 Å². The highest BCUT2D eigenvalue weighted by Crippen LogP contribution is 2.32. The van der Waals surface area contributed by atoms with E-state index in [1.165, 1.54) is 17.1 Å². The SMILES string of the molecule is Cc1cc(Nc2cc(C)[nH]n2)nc(N2CCC3(CC2)CN(C(C)c2ccc(-n4cc(F)cn4)nc2)CCN3)n1. The Kier molecular flexibility index (Phi) is 6.73. The first kappa shape index (κ1) is 25.4. The van der Waals surface area contributed by atoms with Crippen LogP contribution in [0.15, 0.2) is 42.9 Å². The van der Waals surface area contributed by atoms with Crippen LogP contribution in [0.25, 0.3) is 5.82 Å². The molecular weight excluding hydrogens is 497 g/mol. The first-order chi connectivity index (χ1) is 18.9. The van der Waals surface area contributed by atoms with Gasteiger partial charge in [0.05, 0.1) is 12.4 Å². The van der Waals surface area contributed by atoms with Gasteiger partial charge in [0.1, 0.15) is 5.82 Å². The standard InChI is InChI=1S/C27H34FN11/c1-18-12-23(33-24-13-19(2)35-36-24)34-26(32-18)37-9-6-27(7-10-37)17-38(11-8-30-27)20(3)21-4-5-25(29-14-21)39-16-22(28)15-31-39/h4-5,12-16,20,30H,6-11,17H2,1-3H3,(H2,32,33,34,35,36). The van der Waals surface area contributed by atoms with Crippen LogP contribution in [0.4, 0.5) is 22.0 Å². The molecule has 2 aliphatic heterocycles. The predicted octanol–water partition coefficient (Wildman–Crippen LogP) is 3.29. The molecule has 0 amide bonds.